The van der Waals surface area contributed by atoms with Crippen molar-refractivity contribution in [3.8, 4) is 5.75 Å². The summed E-state index contributed by atoms with van der Waals surface area (Å²) in [5.41, 5.74) is 3.89. The summed E-state index contributed by atoms with van der Waals surface area (Å²) in [5.74, 6) is 1.82. The van der Waals surface area contributed by atoms with E-state index < -0.39 is 0 Å². The molecule has 1 unspecified atom stereocenters. The van der Waals surface area contributed by atoms with Crippen LogP contribution in [-0.2, 0) is 4.79 Å². The summed E-state index contributed by atoms with van der Waals surface area (Å²) < 4.78 is 5.97. The van der Waals surface area contributed by atoms with Crippen molar-refractivity contribution in [3.05, 3.63) is 58.4 Å². The summed E-state index contributed by atoms with van der Waals surface area (Å²) in [6.45, 7) is 6.86. The highest BCUT2D eigenvalue weighted by Gasteiger charge is 2.32. The number of hydrogen-bond acceptors (Lipinski definition) is 3. The molecular weight excluding hydrogens is 386 g/mol. The molecule has 1 aromatic heterocycles. The van der Waals surface area contributed by atoms with E-state index in [1.54, 1.807) is 0 Å². The molecule has 5 nitrogen and oxygen atoms in total. The quantitative estimate of drug-likeness (QED) is 0.612. The van der Waals surface area contributed by atoms with E-state index in [1.807, 2.05) is 48.2 Å². The van der Waals surface area contributed by atoms with Gasteiger partial charge in [-0.05, 0) is 61.1 Å². The van der Waals surface area contributed by atoms with Gasteiger partial charge in [0.1, 0.15) is 11.6 Å². The number of nitrogens with one attached hydrogen (secondary N) is 1. The molecule has 1 atom stereocenters. The third-order valence-corrected chi connectivity index (χ3v) is 5.97. The average molecular weight is 412 g/mol. The maximum absolute atomic E-state index is 13.0. The highest BCUT2D eigenvalue weighted by molar-refractivity contribution is 6.31. The lowest BCUT2D eigenvalue weighted by Gasteiger charge is -2.24. The standard InChI is InChI=1S/C23H26ClN3O2/c1-14(2)16-12-17(24)15(3)11-21(16)29-13-22(28)27-10-6-9-20(27)23-25-18-7-4-5-8-19(18)26-23/h4-5,7-8,11-12,14,20H,6,9-10,13H2,1-3H3,(H,25,26). The van der Waals surface area contributed by atoms with Crippen molar-refractivity contribution >= 4 is 28.5 Å². The zero-order valence-electron chi connectivity index (χ0n) is 17.0. The van der Waals surface area contributed by atoms with E-state index in [1.165, 1.54) is 0 Å². The van der Waals surface area contributed by atoms with Gasteiger partial charge in [0.2, 0.25) is 0 Å². The van der Waals surface area contributed by atoms with Crippen LogP contribution in [0.15, 0.2) is 36.4 Å². The van der Waals surface area contributed by atoms with E-state index in [0.717, 1.165) is 58.1 Å². The molecule has 152 valence electrons. The van der Waals surface area contributed by atoms with Gasteiger partial charge >= 0.3 is 0 Å². The third-order valence-electron chi connectivity index (χ3n) is 5.56. The summed E-state index contributed by atoms with van der Waals surface area (Å²) in [7, 11) is 0. The van der Waals surface area contributed by atoms with E-state index in [-0.39, 0.29) is 24.5 Å². The third kappa shape index (κ3) is 3.97. The number of fused-ring (bicyclic) bond motifs is 1. The minimum absolute atomic E-state index is 0.0114. The number of likely N-dealkylation sites (tertiary alicyclic amines) is 1. The van der Waals surface area contributed by atoms with Crippen LogP contribution in [0.5, 0.6) is 5.75 Å². The maximum atomic E-state index is 13.0. The van der Waals surface area contributed by atoms with Crippen molar-refractivity contribution in [2.24, 2.45) is 0 Å². The van der Waals surface area contributed by atoms with Crippen molar-refractivity contribution in [1.82, 2.24) is 14.9 Å². The number of amides is 1. The first kappa shape index (κ1) is 19.8. The second-order valence-electron chi connectivity index (χ2n) is 7.97. The Bertz CT molecular complexity index is 1010. The number of carbonyl (C=O) groups excluding carboxylic acids is 1. The Morgan fingerprint density at radius 2 is 2.14 bits per heavy atom. The van der Waals surface area contributed by atoms with E-state index in [9.17, 15) is 4.79 Å². The SMILES string of the molecule is Cc1cc(OCC(=O)N2CCCC2c2nc3ccccc3[nH]2)c(C(C)C)cc1Cl. The lowest BCUT2D eigenvalue weighted by atomic mass is 10.0. The average Bonchev–Trinajstić information content (AvgIpc) is 3.34. The Morgan fingerprint density at radius 3 is 2.90 bits per heavy atom. The first-order valence-electron chi connectivity index (χ1n) is 10.1. The van der Waals surface area contributed by atoms with E-state index in [4.69, 9.17) is 21.3 Å². The molecule has 1 saturated heterocycles. The van der Waals surface area contributed by atoms with E-state index in [0.29, 0.717) is 0 Å². The Morgan fingerprint density at radius 1 is 1.34 bits per heavy atom. The summed E-state index contributed by atoms with van der Waals surface area (Å²) >= 11 is 6.28. The Balaban J connectivity index is 1.50. The Labute approximate surface area is 176 Å². The lowest BCUT2D eigenvalue weighted by Crippen LogP contribution is -2.35. The first-order chi connectivity index (χ1) is 13.9. The Kier molecular flexibility index (Phi) is 5.50. The van der Waals surface area contributed by atoms with Crippen LogP contribution in [0.4, 0.5) is 0 Å². The largest absolute Gasteiger partial charge is 0.483 e. The molecule has 3 aromatic rings. The summed E-state index contributed by atoms with van der Waals surface area (Å²) in [4.78, 5) is 22.9. The van der Waals surface area contributed by atoms with Gasteiger partial charge in [-0.2, -0.15) is 0 Å². The van der Waals surface area contributed by atoms with Crippen molar-refractivity contribution in [2.45, 2.75) is 45.6 Å². The molecule has 0 bridgehead atoms. The fraction of sp³-hybridized carbons (Fsp3) is 0.391. The fourth-order valence-corrected chi connectivity index (χ4v) is 4.12. The van der Waals surface area contributed by atoms with Crippen molar-refractivity contribution < 1.29 is 9.53 Å². The summed E-state index contributed by atoms with van der Waals surface area (Å²) in [6, 6.07) is 11.8. The van der Waals surface area contributed by atoms with Gasteiger partial charge in [-0.1, -0.05) is 37.6 Å². The molecule has 1 aliphatic rings. The number of ether oxygens (including phenoxy) is 1. The predicted molar refractivity (Wildman–Crippen MR) is 116 cm³/mol. The molecule has 1 fully saturated rings. The first-order valence-corrected chi connectivity index (χ1v) is 10.5. The number of aromatic amines is 1. The molecule has 1 N–H and O–H groups in total. The molecule has 1 amide bonds. The monoisotopic (exact) mass is 411 g/mol. The number of imidazole rings is 1. The molecule has 2 aromatic carbocycles. The molecule has 2 heterocycles. The number of para-hydroxylation sites is 2. The Hall–Kier alpha value is -2.53. The van der Waals surface area contributed by atoms with Crippen LogP contribution in [0.2, 0.25) is 5.02 Å². The van der Waals surface area contributed by atoms with Crippen LogP contribution in [0.3, 0.4) is 0 Å². The van der Waals surface area contributed by atoms with E-state index in [2.05, 4.69) is 18.8 Å². The molecular formula is C23H26ClN3O2. The molecule has 29 heavy (non-hydrogen) atoms. The van der Waals surface area contributed by atoms with Crippen LogP contribution in [0.1, 0.15) is 55.6 Å². The van der Waals surface area contributed by atoms with Gasteiger partial charge in [0.15, 0.2) is 6.61 Å². The van der Waals surface area contributed by atoms with Crippen LogP contribution in [-0.4, -0.2) is 33.9 Å². The van der Waals surface area contributed by atoms with Gasteiger partial charge in [0.25, 0.3) is 5.91 Å². The maximum Gasteiger partial charge on any atom is 0.261 e. The number of nitrogens with zero attached hydrogens (tertiary/aromatic N) is 2. The minimum atomic E-state index is -0.0324. The lowest BCUT2D eigenvalue weighted by molar-refractivity contribution is -0.134. The smallest absolute Gasteiger partial charge is 0.261 e. The number of aryl methyl sites for hydroxylation is 1. The molecule has 1 aliphatic heterocycles. The van der Waals surface area contributed by atoms with Crippen LogP contribution in [0.25, 0.3) is 11.0 Å². The topological polar surface area (TPSA) is 58.2 Å². The minimum Gasteiger partial charge on any atom is -0.483 e. The predicted octanol–water partition coefficient (Wildman–Crippen LogP) is 5.39. The summed E-state index contributed by atoms with van der Waals surface area (Å²) in [5, 5.41) is 0.719. The van der Waals surface area contributed by atoms with Gasteiger partial charge in [-0.3, -0.25) is 4.79 Å². The molecule has 4 rings (SSSR count). The van der Waals surface area contributed by atoms with Gasteiger partial charge in [0.05, 0.1) is 17.1 Å². The zero-order valence-corrected chi connectivity index (χ0v) is 17.8. The molecule has 6 heteroatoms. The number of halogens is 1. The van der Waals surface area contributed by atoms with Crippen LogP contribution < -0.4 is 4.74 Å². The fourth-order valence-electron chi connectivity index (χ4n) is 3.95. The van der Waals surface area contributed by atoms with Gasteiger partial charge in [-0.15, -0.1) is 0 Å². The van der Waals surface area contributed by atoms with Gasteiger partial charge in [0, 0.05) is 11.6 Å². The highest BCUT2D eigenvalue weighted by atomic mass is 35.5. The number of hydrogen-bond donors (Lipinski definition) is 1. The number of aromatic nitrogens is 2. The molecule has 0 spiro atoms. The van der Waals surface area contributed by atoms with Gasteiger partial charge in [-0.25, -0.2) is 4.98 Å². The number of rotatable bonds is 5. The number of carbonyl (C=O) groups is 1. The second kappa shape index (κ2) is 8.07. The van der Waals surface area contributed by atoms with Crippen LogP contribution in [0, 0.1) is 6.92 Å². The van der Waals surface area contributed by atoms with Crippen molar-refractivity contribution in [1.29, 1.82) is 0 Å². The number of H-pyrrole nitrogens is 1. The zero-order chi connectivity index (χ0) is 20.5. The number of benzene rings is 2. The highest BCUT2D eigenvalue weighted by Crippen LogP contribution is 2.34. The normalized spacial score (nSPS) is 16.7. The van der Waals surface area contributed by atoms with Crippen molar-refractivity contribution in [2.75, 3.05) is 13.2 Å². The second-order valence-corrected chi connectivity index (χ2v) is 8.37. The molecule has 0 saturated carbocycles. The molecule has 0 radical (unpaired) electrons. The van der Waals surface area contributed by atoms with Gasteiger partial charge < -0.3 is 14.6 Å². The summed E-state index contributed by atoms with van der Waals surface area (Å²) in [6.07, 6.45) is 1.87. The van der Waals surface area contributed by atoms with Crippen molar-refractivity contribution in [3.63, 3.8) is 0 Å². The van der Waals surface area contributed by atoms with E-state index >= 15 is 0 Å². The molecule has 0 aliphatic carbocycles. The van der Waals surface area contributed by atoms with Crippen LogP contribution >= 0.6 is 11.6 Å².